The van der Waals surface area contributed by atoms with E-state index in [0.717, 1.165) is 46.7 Å². The first-order chi connectivity index (χ1) is 16.0. The minimum absolute atomic E-state index is 0.0313. The van der Waals surface area contributed by atoms with Crippen LogP contribution in [0.5, 0.6) is 11.5 Å². The highest BCUT2D eigenvalue weighted by atomic mass is 16.5. The summed E-state index contributed by atoms with van der Waals surface area (Å²) < 4.78 is 13.9. The number of hydrogen-bond acceptors (Lipinski definition) is 4. The van der Waals surface area contributed by atoms with Crippen LogP contribution >= 0.6 is 0 Å². The minimum atomic E-state index is -0.0622. The summed E-state index contributed by atoms with van der Waals surface area (Å²) in [7, 11) is 2.06. The molecule has 1 aliphatic rings. The second-order valence-corrected chi connectivity index (χ2v) is 8.55. The average Bonchev–Trinajstić information content (AvgIpc) is 3.18. The van der Waals surface area contributed by atoms with E-state index in [1.165, 1.54) is 5.56 Å². The van der Waals surface area contributed by atoms with Crippen molar-refractivity contribution in [2.24, 2.45) is 0 Å². The monoisotopic (exact) mass is 440 g/mol. The van der Waals surface area contributed by atoms with Crippen molar-refractivity contribution in [1.29, 1.82) is 0 Å². The third-order valence-electron chi connectivity index (χ3n) is 6.29. The standard InChI is InChI=1S/C28H28N2O3/c1-4-20-8-7-10-25-24(20)16-19(2)30(25)28(31)21-12-14-22(15-13-21)32-18-23-17-29(3)26-9-5-6-11-27(26)33-23/h5-16,23H,4,17-18H2,1-3H3/t23-/m0/s1. The van der Waals surface area contributed by atoms with Gasteiger partial charge in [-0.25, -0.2) is 0 Å². The largest absolute Gasteiger partial charge is 0.490 e. The number of para-hydroxylation sites is 2. The van der Waals surface area contributed by atoms with E-state index in [1.54, 1.807) is 4.57 Å². The smallest absolute Gasteiger partial charge is 0.262 e. The molecular weight excluding hydrogens is 412 g/mol. The van der Waals surface area contributed by atoms with Crippen molar-refractivity contribution in [3.05, 3.63) is 89.6 Å². The van der Waals surface area contributed by atoms with E-state index in [-0.39, 0.29) is 12.0 Å². The number of carbonyl (C=O) groups is 1. The summed E-state index contributed by atoms with van der Waals surface area (Å²) in [6.07, 6.45) is 0.875. The Kier molecular flexibility index (Phi) is 5.55. The number of benzene rings is 3. The predicted molar refractivity (Wildman–Crippen MR) is 132 cm³/mol. The summed E-state index contributed by atoms with van der Waals surface area (Å²) in [4.78, 5) is 15.5. The lowest BCUT2D eigenvalue weighted by molar-refractivity contribution is 0.0963. The molecule has 1 aromatic heterocycles. The van der Waals surface area contributed by atoms with Crippen LogP contribution in [0.25, 0.3) is 10.9 Å². The Hall–Kier alpha value is -3.73. The lowest BCUT2D eigenvalue weighted by Gasteiger charge is -2.33. The number of carbonyl (C=O) groups excluding carboxylic acids is 1. The van der Waals surface area contributed by atoms with E-state index < -0.39 is 0 Å². The molecule has 0 amide bonds. The Morgan fingerprint density at radius 3 is 2.64 bits per heavy atom. The van der Waals surface area contributed by atoms with Crippen molar-refractivity contribution in [2.45, 2.75) is 26.4 Å². The van der Waals surface area contributed by atoms with Gasteiger partial charge in [-0.2, -0.15) is 0 Å². The maximum Gasteiger partial charge on any atom is 0.262 e. The van der Waals surface area contributed by atoms with Gasteiger partial charge in [-0.1, -0.05) is 31.2 Å². The fraction of sp³-hybridized carbons (Fsp3) is 0.250. The first kappa shape index (κ1) is 21.1. The molecule has 1 aliphatic heterocycles. The SMILES string of the molecule is CCc1cccc2c1cc(C)n2C(=O)c1ccc(OC[C@@H]2CN(C)c3ccccc3O2)cc1. The molecule has 0 unspecified atom stereocenters. The molecule has 168 valence electrons. The number of anilines is 1. The summed E-state index contributed by atoms with van der Waals surface area (Å²) in [5.74, 6) is 1.57. The quantitative estimate of drug-likeness (QED) is 0.412. The van der Waals surface area contributed by atoms with Crippen LogP contribution in [-0.4, -0.2) is 36.8 Å². The molecule has 33 heavy (non-hydrogen) atoms. The van der Waals surface area contributed by atoms with Crippen LogP contribution in [0.2, 0.25) is 0 Å². The van der Waals surface area contributed by atoms with E-state index >= 15 is 0 Å². The molecule has 0 N–H and O–H groups in total. The zero-order valence-corrected chi connectivity index (χ0v) is 19.2. The number of rotatable bonds is 5. The number of hydrogen-bond donors (Lipinski definition) is 0. The summed E-state index contributed by atoms with van der Waals surface area (Å²) in [5.41, 5.74) is 4.87. The van der Waals surface area contributed by atoms with Crippen molar-refractivity contribution in [1.82, 2.24) is 4.57 Å². The van der Waals surface area contributed by atoms with E-state index in [0.29, 0.717) is 12.2 Å². The summed E-state index contributed by atoms with van der Waals surface area (Å²) in [6.45, 7) is 5.31. The lowest BCUT2D eigenvalue weighted by Crippen LogP contribution is -2.41. The molecule has 0 radical (unpaired) electrons. The second-order valence-electron chi connectivity index (χ2n) is 8.55. The highest BCUT2D eigenvalue weighted by Gasteiger charge is 2.23. The molecule has 0 bridgehead atoms. The maximum absolute atomic E-state index is 13.3. The van der Waals surface area contributed by atoms with Gasteiger partial charge in [0.15, 0.2) is 0 Å². The summed E-state index contributed by atoms with van der Waals surface area (Å²) >= 11 is 0. The lowest BCUT2D eigenvalue weighted by atomic mass is 10.1. The molecule has 5 rings (SSSR count). The van der Waals surface area contributed by atoms with Gasteiger partial charge < -0.3 is 14.4 Å². The molecule has 2 heterocycles. The van der Waals surface area contributed by atoms with Gasteiger partial charge in [0.05, 0.1) is 17.7 Å². The topological polar surface area (TPSA) is 43.7 Å². The van der Waals surface area contributed by atoms with Crippen LogP contribution < -0.4 is 14.4 Å². The highest BCUT2D eigenvalue weighted by Crippen LogP contribution is 2.32. The van der Waals surface area contributed by atoms with Gasteiger partial charge in [-0.15, -0.1) is 0 Å². The number of likely N-dealkylation sites (N-methyl/N-ethyl adjacent to an activating group) is 1. The maximum atomic E-state index is 13.3. The fourth-order valence-electron chi connectivity index (χ4n) is 4.59. The molecular formula is C28H28N2O3. The first-order valence-electron chi connectivity index (χ1n) is 11.4. The zero-order chi connectivity index (χ0) is 22.9. The summed E-state index contributed by atoms with van der Waals surface area (Å²) in [5, 5.41) is 1.14. The zero-order valence-electron chi connectivity index (χ0n) is 19.2. The van der Waals surface area contributed by atoms with E-state index in [9.17, 15) is 4.79 Å². The molecule has 0 spiro atoms. The van der Waals surface area contributed by atoms with Crippen LogP contribution in [0.15, 0.2) is 72.8 Å². The first-order valence-corrected chi connectivity index (χ1v) is 11.4. The molecule has 3 aromatic carbocycles. The van der Waals surface area contributed by atoms with Crippen molar-refractivity contribution >= 4 is 22.5 Å². The van der Waals surface area contributed by atoms with Crippen molar-refractivity contribution < 1.29 is 14.3 Å². The molecule has 0 saturated carbocycles. The number of nitrogens with zero attached hydrogens (tertiary/aromatic N) is 2. The molecule has 0 aliphatic carbocycles. The number of fused-ring (bicyclic) bond motifs is 2. The van der Waals surface area contributed by atoms with E-state index in [1.807, 2.05) is 61.5 Å². The van der Waals surface area contributed by atoms with Gasteiger partial charge in [0.25, 0.3) is 5.91 Å². The Bertz CT molecular complexity index is 1310. The highest BCUT2D eigenvalue weighted by molar-refractivity contribution is 6.03. The molecule has 0 saturated heterocycles. The van der Waals surface area contributed by atoms with E-state index in [2.05, 4.69) is 37.1 Å². The Morgan fingerprint density at radius 2 is 1.85 bits per heavy atom. The normalized spacial score (nSPS) is 15.2. The van der Waals surface area contributed by atoms with Gasteiger partial charge in [0.2, 0.25) is 0 Å². The Labute approximate surface area is 194 Å². The number of ether oxygens (including phenoxy) is 2. The molecule has 0 fully saturated rings. The van der Waals surface area contributed by atoms with Crippen LogP contribution in [0, 0.1) is 6.92 Å². The average molecular weight is 441 g/mol. The Morgan fingerprint density at radius 1 is 1.06 bits per heavy atom. The van der Waals surface area contributed by atoms with Crippen LogP contribution in [0.4, 0.5) is 5.69 Å². The minimum Gasteiger partial charge on any atom is -0.490 e. The van der Waals surface area contributed by atoms with Gasteiger partial charge in [0.1, 0.15) is 24.2 Å². The van der Waals surface area contributed by atoms with E-state index in [4.69, 9.17) is 9.47 Å². The predicted octanol–water partition coefficient (Wildman–Crippen LogP) is 5.48. The van der Waals surface area contributed by atoms with Gasteiger partial charge in [-0.05, 0) is 67.4 Å². The van der Waals surface area contributed by atoms with Crippen LogP contribution in [-0.2, 0) is 6.42 Å². The summed E-state index contributed by atoms with van der Waals surface area (Å²) in [6, 6.07) is 23.6. The molecule has 4 aromatic rings. The van der Waals surface area contributed by atoms with Crippen LogP contribution in [0.3, 0.4) is 0 Å². The molecule has 1 atom stereocenters. The third kappa shape index (κ3) is 3.95. The van der Waals surface area contributed by atoms with Crippen LogP contribution in [0.1, 0.15) is 28.5 Å². The molecule has 5 heteroatoms. The van der Waals surface area contributed by atoms with Crippen molar-refractivity contribution in [3.63, 3.8) is 0 Å². The fourth-order valence-corrected chi connectivity index (χ4v) is 4.59. The third-order valence-corrected chi connectivity index (χ3v) is 6.29. The van der Waals surface area contributed by atoms with Crippen molar-refractivity contribution in [2.75, 3.05) is 25.1 Å². The van der Waals surface area contributed by atoms with Gasteiger partial charge >= 0.3 is 0 Å². The number of aromatic nitrogens is 1. The Balaban J connectivity index is 1.29. The van der Waals surface area contributed by atoms with Gasteiger partial charge in [0, 0.05) is 23.7 Å². The second kappa shape index (κ2) is 8.66. The van der Waals surface area contributed by atoms with Gasteiger partial charge in [-0.3, -0.25) is 9.36 Å². The molecule has 5 nitrogen and oxygen atoms in total. The van der Waals surface area contributed by atoms with Crippen molar-refractivity contribution in [3.8, 4) is 11.5 Å². The number of aryl methyl sites for hydroxylation is 2.